The fraction of sp³-hybridized carbons (Fsp3) is 0.0909. The molecule has 6 nitrogen and oxygen atoms in total. The summed E-state index contributed by atoms with van der Waals surface area (Å²) in [6, 6.07) is 22.0. The van der Waals surface area contributed by atoms with Gasteiger partial charge in [-0.25, -0.2) is 4.98 Å². The van der Waals surface area contributed by atoms with Gasteiger partial charge in [-0.2, -0.15) is 0 Å². The van der Waals surface area contributed by atoms with Gasteiger partial charge >= 0.3 is 0 Å². The lowest BCUT2D eigenvalue weighted by atomic mass is 10.2. The number of ether oxygens (including phenoxy) is 2. The van der Waals surface area contributed by atoms with Gasteiger partial charge in [-0.05, 0) is 54.6 Å². The van der Waals surface area contributed by atoms with Crippen molar-refractivity contribution < 1.29 is 18.7 Å². The Labute approximate surface area is 161 Å². The van der Waals surface area contributed by atoms with Crippen LogP contribution in [0, 0.1) is 0 Å². The number of anilines is 1. The molecule has 4 aromatic rings. The number of benzene rings is 3. The standard InChI is InChI=1S/C22H18N2O4/c1-26-17-10-7-15(8-11-17)22-24-19-13-16(9-12-20(19)28-22)23-21(25)14-27-18-5-3-2-4-6-18/h2-13H,14H2,1H3,(H,23,25). The van der Waals surface area contributed by atoms with Gasteiger partial charge < -0.3 is 19.2 Å². The van der Waals surface area contributed by atoms with Crippen molar-refractivity contribution in [2.24, 2.45) is 0 Å². The molecule has 1 heterocycles. The second kappa shape index (κ2) is 7.84. The minimum absolute atomic E-state index is 0.0715. The maximum atomic E-state index is 12.1. The number of hydrogen-bond donors (Lipinski definition) is 1. The minimum Gasteiger partial charge on any atom is -0.497 e. The topological polar surface area (TPSA) is 73.6 Å². The smallest absolute Gasteiger partial charge is 0.262 e. The summed E-state index contributed by atoms with van der Waals surface area (Å²) >= 11 is 0. The van der Waals surface area contributed by atoms with Gasteiger partial charge in [0.05, 0.1) is 7.11 Å². The Morgan fingerprint density at radius 3 is 2.54 bits per heavy atom. The zero-order chi connectivity index (χ0) is 19.3. The molecule has 0 bridgehead atoms. The van der Waals surface area contributed by atoms with Crippen LogP contribution in [0.5, 0.6) is 11.5 Å². The number of methoxy groups -OCH3 is 1. The Morgan fingerprint density at radius 1 is 1.00 bits per heavy atom. The Hall–Kier alpha value is -3.80. The van der Waals surface area contributed by atoms with E-state index in [2.05, 4.69) is 10.3 Å². The van der Waals surface area contributed by atoms with Crippen LogP contribution in [0.1, 0.15) is 0 Å². The van der Waals surface area contributed by atoms with Gasteiger partial charge in [-0.15, -0.1) is 0 Å². The minimum atomic E-state index is -0.248. The monoisotopic (exact) mass is 374 g/mol. The maximum Gasteiger partial charge on any atom is 0.262 e. The number of aromatic nitrogens is 1. The summed E-state index contributed by atoms with van der Waals surface area (Å²) < 4.78 is 16.4. The van der Waals surface area contributed by atoms with Crippen molar-refractivity contribution in [2.45, 2.75) is 0 Å². The molecule has 0 saturated heterocycles. The van der Waals surface area contributed by atoms with Crippen LogP contribution in [0.3, 0.4) is 0 Å². The summed E-state index contributed by atoms with van der Waals surface area (Å²) in [5, 5.41) is 2.81. The molecule has 0 atom stereocenters. The molecule has 1 aromatic heterocycles. The predicted molar refractivity (Wildman–Crippen MR) is 107 cm³/mol. The second-order valence-electron chi connectivity index (χ2n) is 6.08. The predicted octanol–water partition coefficient (Wildman–Crippen LogP) is 4.52. The number of carbonyl (C=O) groups excluding carboxylic acids is 1. The largest absolute Gasteiger partial charge is 0.497 e. The lowest BCUT2D eigenvalue weighted by Crippen LogP contribution is -2.20. The fourth-order valence-electron chi connectivity index (χ4n) is 2.72. The molecule has 3 aromatic carbocycles. The van der Waals surface area contributed by atoms with E-state index in [1.54, 1.807) is 37.4 Å². The first-order chi connectivity index (χ1) is 13.7. The summed E-state index contributed by atoms with van der Waals surface area (Å²) in [6.07, 6.45) is 0. The summed E-state index contributed by atoms with van der Waals surface area (Å²) in [5.74, 6) is 1.67. The van der Waals surface area contributed by atoms with E-state index >= 15 is 0 Å². The number of para-hydroxylation sites is 1. The third-order valence-corrected chi connectivity index (χ3v) is 4.12. The fourth-order valence-corrected chi connectivity index (χ4v) is 2.72. The molecule has 0 unspecified atom stereocenters. The maximum absolute atomic E-state index is 12.1. The number of fused-ring (bicyclic) bond motifs is 1. The molecule has 4 rings (SSSR count). The van der Waals surface area contributed by atoms with Gasteiger partial charge in [0.1, 0.15) is 17.0 Å². The molecule has 0 aliphatic carbocycles. The second-order valence-corrected chi connectivity index (χ2v) is 6.08. The molecule has 28 heavy (non-hydrogen) atoms. The zero-order valence-electron chi connectivity index (χ0n) is 15.2. The van der Waals surface area contributed by atoms with Crippen molar-refractivity contribution in [1.29, 1.82) is 0 Å². The molecule has 0 fully saturated rings. The molecule has 0 aliphatic heterocycles. The molecule has 1 amide bonds. The van der Waals surface area contributed by atoms with E-state index in [1.807, 2.05) is 42.5 Å². The van der Waals surface area contributed by atoms with Crippen LogP contribution in [0.25, 0.3) is 22.6 Å². The normalized spacial score (nSPS) is 10.6. The number of nitrogens with zero attached hydrogens (tertiary/aromatic N) is 1. The average molecular weight is 374 g/mol. The van der Waals surface area contributed by atoms with E-state index in [4.69, 9.17) is 13.9 Å². The van der Waals surface area contributed by atoms with Gasteiger partial charge in [-0.1, -0.05) is 18.2 Å². The third-order valence-electron chi connectivity index (χ3n) is 4.12. The number of carbonyl (C=O) groups is 1. The first-order valence-corrected chi connectivity index (χ1v) is 8.74. The molecule has 0 saturated carbocycles. The number of amides is 1. The van der Waals surface area contributed by atoms with E-state index in [0.717, 1.165) is 11.3 Å². The van der Waals surface area contributed by atoms with Crippen molar-refractivity contribution in [1.82, 2.24) is 4.98 Å². The van der Waals surface area contributed by atoms with Crippen LogP contribution in [0.2, 0.25) is 0 Å². The quantitative estimate of drug-likeness (QED) is 0.537. The number of hydrogen-bond acceptors (Lipinski definition) is 5. The highest BCUT2D eigenvalue weighted by molar-refractivity contribution is 5.94. The van der Waals surface area contributed by atoms with Crippen molar-refractivity contribution in [3.8, 4) is 23.0 Å². The van der Waals surface area contributed by atoms with Crippen LogP contribution >= 0.6 is 0 Å². The molecule has 0 radical (unpaired) electrons. The summed E-state index contributed by atoms with van der Waals surface area (Å²) in [6.45, 7) is -0.0715. The number of rotatable bonds is 6. The number of oxazole rings is 1. The first-order valence-electron chi connectivity index (χ1n) is 8.74. The SMILES string of the molecule is COc1ccc(-c2nc3cc(NC(=O)COc4ccccc4)ccc3o2)cc1. The third kappa shape index (κ3) is 3.96. The Balaban J connectivity index is 1.46. The Morgan fingerprint density at radius 2 is 1.79 bits per heavy atom. The van der Waals surface area contributed by atoms with E-state index in [9.17, 15) is 4.79 Å². The first kappa shape index (κ1) is 17.6. The molecular formula is C22H18N2O4. The molecule has 6 heteroatoms. The van der Waals surface area contributed by atoms with Crippen molar-refractivity contribution in [2.75, 3.05) is 19.0 Å². The van der Waals surface area contributed by atoms with Crippen LogP contribution < -0.4 is 14.8 Å². The van der Waals surface area contributed by atoms with Crippen LogP contribution in [0.4, 0.5) is 5.69 Å². The highest BCUT2D eigenvalue weighted by atomic mass is 16.5. The number of nitrogens with one attached hydrogen (secondary N) is 1. The van der Waals surface area contributed by atoms with Gasteiger partial charge in [-0.3, -0.25) is 4.79 Å². The van der Waals surface area contributed by atoms with Gasteiger partial charge in [0, 0.05) is 11.3 Å². The lowest BCUT2D eigenvalue weighted by molar-refractivity contribution is -0.118. The van der Waals surface area contributed by atoms with Gasteiger partial charge in [0.2, 0.25) is 5.89 Å². The molecular weight excluding hydrogens is 356 g/mol. The van der Waals surface area contributed by atoms with Gasteiger partial charge in [0.25, 0.3) is 5.91 Å². The molecule has 0 aliphatic rings. The van der Waals surface area contributed by atoms with Gasteiger partial charge in [0.15, 0.2) is 12.2 Å². The molecule has 140 valence electrons. The van der Waals surface area contributed by atoms with E-state index < -0.39 is 0 Å². The van der Waals surface area contributed by atoms with Crippen molar-refractivity contribution >= 4 is 22.7 Å². The molecule has 0 spiro atoms. The Bertz CT molecular complexity index is 1090. The Kier molecular flexibility index (Phi) is 4.93. The van der Waals surface area contributed by atoms with Crippen molar-refractivity contribution in [3.63, 3.8) is 0 Å². The van der Waals surface area contributed by atoms with E-state index in [-0.39, 0.29) is 12.5 Å². The van der Waals surface area contributed by atoms with Crippen molar-refractivity contribution in [3.05, 3.63) is 72.8 Å². The van der Waals surface area contributed by atoms with Crippen LogP contribution in [-0.4, -0.2) is 24.6 Å². The summed E-state index contributed by atoms with van der Waals surface area (Å²) in [7, 11) is 1.62. The molecule has 1 N–H and O–H groups in total. The van der Waals surface area contributed by atoms with E-state index in [1.165, 1.54) is 0 Å². The highest BCUT2D eigenvalue weighted by Gasteiger charge is 2.10. The summed E-state index contributed by atoms with van der Waals surface area (Å²) in [5.41, 5.74) is 2.78. The van der Waals surface area contributed by atoms with Crippen LogP contribution in [-0.2, 0) is 4.79 Å². The van der Waals surface area contributed by atoms with Crippen LogP contribution in [0.15, 0.2) is 77.2 Å². The summed E-state index contributed by atoms with van der Waals surface area (Å²) in [4.78, 5) is 16.6. The highest BCUT2D eigenvalue weighted by Crippen LogP contribution is 2.27. The zero-order valence-corrected chi connectivity index (χ0v) is 15.2. The average Bonchev–Trinajstić information content (AvgIpc) is 3.16. The lowest BCUT2D eigenvalue weighted by Gasteiger charge is -2.07. The van der Waals surface area contributed by atoms with E-state index in [0.29, 0.717) is 28.4 Å².